The van der Waals surface area contributed by atoms with Gasteiger partial charge < -0.3 is 24.2 Å². The fourth-order valence-electron chi connectivity index (χ4n) is 6.21. The topological polar surface area (TPSA) is 87.9 Å². The van der Waals surface area contributed by atoms with Gasteiger partial charge in [0.05, 0.1) is 37.1 Å². The molecular formula is C30H30N4O4. The Balaban J connectivity index is 1.43. The third kappa shape index (κ3) is 3.75. The van der Waals surface area contributed by atoms with Crippen LogP contribution in [0, 0.1) is 0 Å². The van der Waals surface area contributed by atoms with Gasteiger partial charge in [0.15, 0.2) is 0 Å². The van der Waals surface area contributed by atoms with Gasteiger partial charge in [-0.05, 0) is 35.4 Å². The summed E-state index contributed by atoms with van der Waals surface area (Å²) in [5, 5.41) is 11.7. The normalized spacial score (nSPS) is 17.8. The van der Waals surface area contributed by atoms with E-state index in [0.29, 0.717) is 31.7 Å². The maximum Gasteiger partial charge on any atom is 0.273 e. The predicted octanol–water partition coefficient (Wildman–Crippen LogP) is 3.09. The molecule has 8 heteroatoms. The van der Waals surface area contributed by atoms with Crippen LogP contribution in [0.5, 0.6) is 5.75 Å². The van der Waals surface area contributed by atoms with Crippen LogP contribution in [0.2, 0.25) is 0 Å². The number of likely N-dealkylation sites (tertiary alicyclic amines) is 1. The fourth-order valence-corrected chi connectivity index (χ4v) is 6.21. The summed E-state index contributed by atoms with van der Waals surface area (Å²) >= 11 is 0. The van der Waals surface area contributed by atoms with Gasteiger partial charge in [0.1, 0.15) is 11.4 Å². The number of aliphatic hydroxyl groups is 1. The summed E-state index contributed by atoms with van der Waals surface area (Å²) in [4.78, 5) is 34.8. The lowest BCUT2D eigenvalue weighted by atomic mass is 9.68. The van der Waals surface area contributed by atoms with Gasteiger partial charge in [-0.15, -0.1) is 0 Å². The summed E-state index contributed by atoms with van der Waals surface area (Å²) in [5.74, 6) is 0.573. The van der Waals surface area contributed by atoms with E-state index < -0.39 is 11.5 Å². The summed E-state index contributed by atoms with van der Waals surface area (Å²) in [6, 6.07) is 20.4. The van der Waals surface area contributed by atoms with E-state index in [2.05, 4.69) is 9.55 Å². The zero-order valence-corrected chi connectivity index (χ0v) is 21.5. The second kappa shape index (κ2) is 9.29. The van der Waals surface area contributed by atoms with Crippen molar-refractivity contribution < 1.29 is 19.4 Å². The number of aryl methyl sites for hydroxylation is 1. The lowest BCUT2D eigenvalue weighted by Gasteiger charge is -2.56. The number of rotatable bonds is 5. The molecule has 2 aromatic carbocycles. The van der Waals surface area contributed by atoms with Gasteiger partial charge >= 0.3 is 0 Å². The average Bonchev–Trinajstić information content (AvgIpc) is 3.23. The number of benzene rings is 2. The molecule has 194 valence electrons. The van der Waals surface area contributed by atoms with Crippen LogP contribution in [0.1, 0.15) is 33.4 Å². The summed E-state index contributed by atoms with van der Waals surface area (Å²) in [6.07, 6.45) is 1.94. The largest absolute Gasteiger partial charge is 0.497 e. The molecule has 1 saturated heterocycles. The van der Waals surface area contributed by atoms with Crippen molar-refractivity contribution in [2.24, 2.45) is 7.05 Å². The molecule has 1 atom stereocenters. The van der Waals surface area contributed by atoms with Crippen LogP contribution in [0.25, 0.3) is 10.9 Å². The third-order valence-electron chi connectivity index (χ3n) is 8.00. The number of ether oxygens (including phenoxy) is 1. The number of carbonyl (C=O) groups excluding carboxylic acids is 2. The highest BCUT2D eigenvalue weighted by Crippen LogP contribution is 2.50. The number of aliphatic hydroxyl groups excluding tert-OH is 1. The average molecular weight is 511 g/mol. The highest BCUT2D eigenvalue weighted by atomic mass is 16.5. The van der Waals surface area contributed by atoms with Crippen LogP contribution >= 0.6 is 0 Å². The van der Waals surface area contributed by atoms with Gasteiger partial charge in [0.2, 0.25) is 5.91 Å². The van der Waals surface area contributed by atoms with Crippen molar-refractivity contribution in [1.82, 2.24) is 19.4 Å². The molecule has 0 radical (unpaired) electrons. The molecule has 6 rings (SSSR count). The van der Waals surface area contributed by atoms with Crippen molar-refractivity contribution in [2.45, 2.75) is 17.9 Å². The SMILES string of the molecule is COc1ccc2c3c(n(C)c2c1)[C@H](CO)N(C(=O)c1ccccn1)CC31CN(C(=O)Cc2ccccc2)C1. The van der Waals surface area contributed by atoms with Crippen LogP contribution in [0.15, 0.2) is 72.9 Å². The van der Waals surface area contributed by atoms with Crippen molar-refractivity contribution in [2.75, 3.05) is 33.4 Å². The smallest absolute Gasteiger partial charge is 0.273 e. The van der Waals surface area contributed by atoms with E-state index in [1.165, 1.54) is 0 Å². The second-order valence-electron chi connectivity index (χ2n) is 10.2. The Labute approximate surface area is 221 Å². The molecule has 8 nitrogen and oxygen atoms in total. The molecule has 0 aliphatic carbocycles. The molecule has 4 aromatic rings. The van der Waals surface area contributed by atoms with Crippen LogP contribution < -0.4 is 4.74 Å². The summed E-state index contributed by atoms with van der Waals surface area (Å²) < 4.78 is 7.55. The summed E-state index contributed by atoms with van der Waals surface area (Å²) in [5.41, 5.74) is 3.82. The highest BCUT2D eigenvalue weighted by molar-refractivity contribution is 5.95. The van der Waals surface area contributed by atoms with E-state index in [9.17, 15) is 14.7 Å². The molecule has 2 amide bonds. The van der Waals surface area contributed by atoms with Crippen molar-refractivity contribution >= 4 is 22.7 Å². The van der Waals surface area contributed by atoms with E-state index >= 15 is 0 Å². The predicted molar refractivity (Wildman–Crippen MR) is 143 cm³/mol. The summed E-state index contributed by atoms with van der Waals surface area (Å²) in [6.45, 7) is 1.17. The van der Waals surface area contributed by atoms with Crippen LogP contribution in [0.4, 0.5) is 0 Å². The first kappa shape index (κ1) is 24.2. The molecule has 1 spiro atoms. The molecule has 0 bridgehead atoms. The number of fused-ring (bicyclic) bond motifs is 4. The molecule has 2 aliphatic heterocycles. The quantitative estimate of drug-likeness (QED) is 0.446. The number of pyridine rings is 1. The number of hydrogen-bond donors (Lipinski definition) is 1. The van der Waals surface area contributed by atoms with E-state index in [1.54, 1.807) is 36.4 Å². The molecular weight excluding hydrogens is 480 g/mol. The highest BCUT2D eigenvalue weighted by Gasteiger charge is 2.55. The maximum atomic E-state index is 13.7. The van der Waals surface area contributed by atoms with Crippen molar-refractivity contribution in [3.05, 3.63) is 95.4 Å². The van der Waals surface area contributed by atoms with Crippen LogP contribution in [0.3, 0.4) is 0 Å². The first-order valence-electron chi connectivity index (χ1n) is 12.8. The first-order valence-corrected chi connectivity index (χ1v) is 12.8. The van der Waals surface area contributed by atoms with E-state index in [4.69, 9.17) is 4.74 Å². The standard InChI is InChI=1S/C30H30N4O4/c1-32-24-15-21(38-2)11-12-22(24)27-28(32)25(16-35)34(29(37)23-10-6-7-13-31-23)19-30(27)17-33(18-30)26(36)14-20-8-4-3-5-9-20/h3-13,15,25,35H,14,16-19H2,1-2H3/t25-/m0/s1. The van der Waals surface area contributed by atoms with Crippen molar-refractivity contribution in [3.63, 3.8) is 0 Å². The molecule has 2 aliphatic rings. The molecule has 1 N–H and O–H groups in total. The maximum absolute atomic E-state index is 13.7. The minimum atomic E-state index is -0.539. The zero-order valence-electron chi connectivity index (χ0n) is 21.5. The molecule has 0 saturated carbocycles. The minimum absolute atomic E-state index is 0.0668. The Kier molecular flexibility index (Phi) is 5.91. The molecule has 4 heterocycles. The lowest BCUT2D eigenvalue weighted by Crippen LogP contribution is -2.68. The van der Waals surface area contributed by atoms with E-state index in [0.717, 1.165) is 33.5 Å². The number of amides is 2. The van der Waals surface area contributed by atoms with Gasteiger partial charge in [-0.1, -0.05) is 36.4 Å². The number of nitrogens with zero attached hydrogens (tertiary/aromatic N) is 4. The second-order valence-corrected chi connectivity index (χ2v) is 10.2. The Hall–Kier alpha value is -4.17. The van der Waals surface area contributed by atoms with Gasteiger partial charge in [-0.25, -0.2) is 0 Å². The van der Waals surface area contributed by atoms with Gasteiger partial charge in [-0.3, -0.25) is 14.6 Å². The molecule has 0 unspecified atom stereocenters. The monoisotopic (exact) mass is 510 g/mol. The summed E-state index contributed by atoms with van der Waals surface area (Å²) in [7, 11) is 3.60. The Morgan fingerprint density at radius 1 is 1.05 bits per heavy atom. The van der Waals surface area contributed by atoms with Gasteiger partial charge in [0, 0.05) is 50.0 Å². The van der Waals surface area contributed by atoms with Crippen LogP contribution in [-0.4, -0.2) is 69.6 Å². The number of hydrogen-bond acceptors (Lipinski definition) is 5. The first-order chi connectivity index (χ1) is 18.5. The lowest BCUT2D eigenvalue weighted by molar-refractivity contribution is -0.139. The van der Waals surface area contributed by atoms with E-state index in [1.807, 2.05) is 60.5 Å². The molecule has 38 heavy (non-hydrogen) atoms. The van der Waals surface area contributed by atoms with Gasteiger partial charge in [-0.2, -0.15) is 0 Å². The Morgan fingerprint density at radius 2 is 1.82 bits per heavy atom. The molecule has 1 fully saturated rings. The van der Waals surface area contributed by atoms with Gasteiger partial charge in [0.25, 0.3) is 5.91 Å². The zero-order chi connectivity index (χ0) is 26.4. The Morgan fingerprint density at radius 3 is 2.50 bits per heavy atom. The Bertz CT molecular complexity index is 1510. The van der Waals surface area contributed by atoms with E-state index in [-0.39, 0.29) is 18.4 Å². The minimum Gasteiger partial charge on any atom is -0.497 e. The van der Waals surface area contributed by atoms with Crippen molar-refractivity contribution in [3.8, 4) is 5.75 Å². The van der Waals surface area contributed by atoms with Crippen LogP contribution in [-0.2, 0) is 23.7 Å². The third-order valence-corrected chi connectivity index (χ3v) is 8.00. The number of carbonyl (C=O) groups is 2. The number of aromatic nitrogens is 2. The molecule has 2 aromatic heterocycles. The van der Waals surface area contributed by atoms with Crippen molar-refractivity contribution in [1.29, 1.82) is 0 Å². The fraction of sp³-hybridized carbons (Fsp3) is 0.300. The number of methoxy groups -OCH3 is 1.